The number of aliphatic hydroxyl groups is 1. The zero-order valence-corrected chi connectivity index (χ0v) is 20.8. The molecule has 30 heavy (non-hydrogen) atoms. The number of carbonyl (C=O) groups is 1. The van der Waals surface area contributed by atoms with E-state index < -0.39 is 5.60 Å². The maximum absolute atomic E-state index is 11.8. The number of nitrogens with two attached hydrogens (primary N) is 1. The molecule has 1 atom stereocenters. The number of hydrogen-bond acceptors (Lipinski definition) is 3. The molecule has 166 valence electrons. The number of amides is 1. The second-order valence-corrected chi connectivity index (χ2v) is 11.0. The number of rotatable bonds is 8. The van der Waals surface area contributed by atoms with E-state index in [9.17, 15) is 9.90 Å². The summed E-state index contributed by atoms with van der Waals surface area (Å²) in [5.41, 5.74) is 9.38. The summed E-state index contributed by atoms with van der Waals surface area (Å²) in [6.07, 6.45) is 3.50. The minimum Gasteiger partial charge on any atom is -0.390 e. The SMILES string of the molecule is CCC(CC)(c1ccc(CCC(C)(O)C(C)(C)C)c(C)c1)c1cc(C)c(C(N)=O)s1. The van der Waals surface area contributed by atoms with Gasteiger partial charge in [0.1, 0.15) is 0 Å². The van der Waals surface area contributed by atoms with Crippen LogP contribution in [0.15, 0.2) is 24.3 Å². The standard InChI is InChI=1S/C26H39NO2S/c1-9-26(10-2,21-16-18(4)22(30-21)23(27)28)20-12-11-19(17(3)15-20)13-14-25(8,29)24(5,6)7/h11-12,15-16,29H,9-10,13-14H2,1-8H3,(H2,27,28). The second-order valence-electron chi connectivity index (χ2n) is 9.94. The number of aryl methyl sites for hydroxylation is 3. The van der Waals surface area contributed by atoms with Crippen LogP contribution in [0.2, 0.25) is 0 Å². The van der Waals surface area contributed by atoms with Crippen LogP contribution >= 0.6 is 11.3 Å². The molecule has 4 heteroatoms. The van der Waals surface area contributed by atoms with E-state index in [2.05, 4.69) is 65.8 Å². The molecule has 0 radical (unpaired) electrons. The molecule has 2 aromatic rings. The molecule has 0 aliphatic rings. The van der Waals surface area contributed by atoms with Crippen LogP contribution in [-0.2, 0) is 11.8 Å². The number of primary amides is 1. The number of carbonyl (C=O) groups excluding carboxylic acids is 1. The lowest BCUT2D eigenvalue weighted by Gasteiger charge is -2.37. The first-order valence-corrected chi connectivity index (χ1v) is 11.8. The van der Waals surface area contributed by atoms with Crippen molar-refractivity contribution in [2.24, 2.45) is 11.1 Å². The third-order valence-electron chi connectivity index (χ3n) is 7.21. The smallest absolute Gasteiger partial charge is 0.259 e. The Hall–Kier alpha value is -1.65. The Labute approximate surface area is 186 Å². The summed E-state index contributed by atoms with van der Waals surface area (Å²) in [4.78, 5) is 13.7. The largest absolute Gasteiger partial charge is 0.390 e. The molecule has 0 aliphatic carbocycles. The van der Waals surface area contributed by atoms with Gasteiger partial charge in [-0.05, 0) is 80.2 Å². The maximum Gasteiger partial charge on any atom is 0.259 e. The predicted molar refractivity (Wildman–Crippen MR) is 129 cm³/mol. The van der Waals surface area contributed by atoms with Gasteiger partial charge < -0.3 is 10.8 Å². The summed E-state index contributed by atoms with van der Waals surface area (Å²) >= 11 is 1.54. The first kappa shape index (κ1) is 24.6. The van der Waals surface area contributed by atoms with Crippen molar-refractivity contribution in [1.82, 2.24) is 0 Å². The van der Waals surface area contributed by atoms with Crippen molar-refractivity contribution in [3.63, 3.8) is 0 Å². The molecule has 2 rings (SSSR count). The molecule has 3 N–H and O–H groups in total. The van der Waals surface area contributed by atoms with Gasteiger partial charge in [0.05, 0.1) is 10.5 Å². The van der Waals surface area contributed by atoms with Gasteiger partial charge in [0.15, 0.2) is 0 Å². The Morgan fingerprint density at radius 2 is 1.63 bits per heavy atom. The van der Waals surface area contributed by atoms with Crippen molar-refractivity contribution < 1.29 is 9.90 Å². The first-order valence-electron chi connectivity index (χ1n) is 11.0. The van der Waals surface area contributed by atoms with Crippen molar-refractivity contribution in [1.29, 1.82) is 0 Å². The van der Waals surface area contributed by atoms with Crippen LogP contribution in [0.4, 0.5) is 0 Å². The van der Waals surface area contributed by atoms with E-state index in [-0.39, 0.29) is 16.7 Å². The molecule has 0 saturated heterocycles. The second kappa shape index (κ2) is 8.84. The van der Waals surface area contributed by atoms with Crippen LogP contribution in [0.1, 0.15) is 97.6 Å². The fourth-order valence-corrected chi connectivity index (χ4v) is 5.52. The third kappa shape index (κ3) is 4.65. The zero-order chi connectivity index (χ0) is 22.9. The van der Waals surface area contributed by atoms with Gasteiger partial charge in [0, 0.05) is 10.3 Å². The molecule has 1 aromatic heterocycles. The lowest BCUT2D eigenvalue weighted by molar-refractivity contribution is -0.0476. The molecule has 0 saturated carbocycles. The van der Waals surface area contributed by atoms with E-state index in [0.717, 1.165) is 31.2 Å². The summed E-state index contributed by atoms with van der Waals surface area (Å²) in [5.74, 6) is -0.345. The van der Waals surface area contributed by atoms with Gasteiger partial charge in [-0.3, -0.25) is 4.79 Å². The molecule has 0 aliphatic heterocycles. The number of thiophene rings is 1. The topological polar surface area (TPSA) is 63.3 Å². The summed E-state index contributed by atoms with van der Waals surface area (Å²) in [6.45, 7) is 16.8. The average molecular weight is 430 g/mol. The van der Waals surface area contributed by atoms with Gasteiger partial charge in [-0.1, -0.05) is 52.8 Å². The zero-order valence-electron chi connectivity index (χ0n) is 20.0. The highest BCUT2D eigenvalue weighted by atomic mass is 32.1. The molecule has 1 unspecified atom stereocenters. The Kier molecular flexibility index (Phi) is 7.25. The van der Waals surface area contributed by atoms with E-state index in [1.165, 1.54) is 32.9 Å². The third-order valence-corrected chi connectivity index (χ3v) is 8.67. The lowest BCUT2D eigenvalue weighted by Crippen LogP contribution is -2.40. The average Bonchev–Trinajstić information content (AvgIpc) is 3.04. The molecule has 3 nitrogen and oxygen atoms in total. The maximum atomic E-state index is 11.8. The molecule has 1 amide bonds. The summed E-state index contributed by atoms with van der Waals surface area (Å²) in [6, 6.07) is 8.90. The predicted octanol–water partition coefficient (Wildman–Crippen LogP) is 6.30. The highest BCUT2D eigenvalue weighted by molar-refractivity contribution is 7.14. The van der Waals surface area contributed by atoms with Crippen molar-refractivity contribution >= 4 is 17.2 Å². The van der Waals surface area contributed by atoms with Gasteiger partial charge in [-0.25, -0.2) is 0 Å². The van der Waals surface area contributed by atoms with Crippen LogP contribution in [0.3, 0.4) is 0 Å². The molecule has 0 fully saturated rings. The summed E-state index contributed by atoms with van der Waals surface area (Å²) in [5, 5.41) is 10.8. The van der Waals surface area contributed by atoms with E-state index in [1.807, 2.05) is 13.8 Å². The fraction of sp³-hybridized carbons (Fsp3) is 0.577. The Balaban J connectivity index is 2.40. The van der Waals surface area contributed by atoms with Crippen LogP contribution in [-0.4, -0.2) is 16.6 Å². The van der Waals surface area contributed by atoms with Crippen molar-refractivity contribution in [3.8, 4) is 0 Å². The molecule has 1 heterocycles. The minimum atomic E-state index is -0.714. The fourth-order valence-electron chi connectivity index (χ4n) is 4.14. The molecular weight excluding hydrogens is 390 g/mol. The normalized spacial score (nSPS) is 14.6. The van der Waals surface area contributed by atoms with Crippen LogP contribution in [0, 0.1) is 19.3 Å². The van der Waals surface area contributed by atoms with Crippen LogP contribution < -0.4 is 5.73 Å². The van der Waals surface area contributed by atoms with Gasteiger partial charge in [0.2, 0.25) is 0 Å². The molecule has 0 spiro atoms. The van der Waals surface area contributed by atoms with Gasteiger partial charge in [-0.15, -0.1) is 11.3 Å². The number of hydrogen-bond donors (Lipinski definition) is 2. The van der Waals surface area contributed by atoms with Gasteiger partial charge in [-0.2, -0.15) is 0 Å². The Bertz CT molecular complexity index is 898. The van der Waals surface area contributed by atoms with Gasteiger partial charge in [0.25, 0.3) is 5.91 Å². The highest BCUT2D eigenvalue weighted by Gasteiger charge is 2.36. The Morgan fingerprint density at radius 3 is 2.07 bits per heavy atom. The van der Waals surface area contributed by atoms with E-state index in [0.29, 0.717) is 4.88 Å². The Morgan fingerprint density at radius 1 is 1.03 bits per heavy atom. The molecule has 1 aromatic carbocycles. The first-order chi connectivity index (χ1) is 13.8. The van der Waals surface area contributed by atoms with Crippen LogP contribution in [0.25, 0.3) is 0 Å². The van der Waals surface area contributed by atoms with Gasteiger partial charge >= 0.3 is 0 Å². The molecule has 0 bridgehead atoms. The molecular formula is C26H39NO2S. The quantitative estimate of drug-likeness (QED) is 0.517. The minimum absolute atomic E-state index is 0.122. The lowest BCUT2D eigenvalue weighted by atomic mass is 9.73. The number of benzene rings is 1. The van der Waals surface area contributed by atoms with E-state index in [4.69, 9.17) is 5.73 Å². The van der Waals surface area contributed by atoms with Crippen molar-refractivity contribution in [2.45, 2.75) is 92.1 Å². The van der Waals surface area contributed by atoms with Crippen molar-refractivity contribution in [3.05, 3.63) is 56.3 Å². The van der Waals surface area contributed by atoms with Crippen molar-refractivity contribution in [2.75, 3.05) is 0 Å². The van der Waals surface area contributed by atoms with E-state index >= 15 is 0 Å². The van der Waals surface area contributed by atoms with E-state index in [1.54, 1.807) is 0 Å². The monoisotopic (exact) mass is 429 g/mol. The highest BCUT2D eigenvalue weighted by Crippen LogP contribution is 2.44. The van der Waals surface area contributed by atoms with Crippen LogP contribution in [0.5, 0.6) is 0 Å². The summed E-state index contributed by atoms with van der Waals surface area (Å²) < 4.78 is 0. The summed E-state index contributed by atoms with van der Waals surface area (Å²) in [7, 11) is 0.